The van der Waals surface area contributed by atoms with Crippen LogP contribution in [0.4, 0.5) is 5.82 Å². The van der Waals surface area contributed by atoms with Crippen molar-refractivity contribution in [1.82, 2.24) is 4.98 Å². The van der Waals surface area contributed by atoms with E-state index in [4.69, 9.17) is 5.11 Å². The number of carboxylic acids is 1. The highest BCUT2D eigenvalue weighted by molar-refractivity contribution is 5.94. The zero-order valence-electron chi connectivity index (χ0n) is 9.64. The van der Waals surface area contributed by atoms with E-state index < -0.39 is 17.9 Å². The molecule has 17 heavy (non-hydrogen) atoms. The molecule has 1 rings (SSSR count). The molecule has 0 saturated carbocycles. The van der Waals surface area contributed by atoms with Crippen molar-refractivity contribution in [3.05, 3.63) is 23.9 Å². The van der Waals surface area contributed by atoms with Crippen LogP contribution in [0.25, 0.3) is 0 Å². The van der Waals surface area contributed by atoms with Gasteiger partial charge in [-0.25, -0.2) is 9.78 Å². The van der Waals surface area contributed by atoms with E-state index in [2.05, 4.69) is 15.0 Å². The van der Waals surface area contributed by atoms with Gasteiger partial charge in [0, 0.05) is 12.7 Å². The van der Waals surface area contributed by atoms with Crippen molar-refractivity contribution in [3.63, 3.8) is 0 Å². The predicted octanol–water partition coefficient (Wildman–Crippen LogP) is 1.00. The summed E-state index contributed by atoms with van der Waals surface area (Å²) in [5, 5.41) is 11.5. The highest BCUT2D eigenvalue weighted by Crippen LogP contribution is 2.13. The van der Waals surface area contributed by atoms with Gasteiger partial charge in [-0.1, -0.05) is 6.92 Å². The Morgan fingerprint density at radius 3 is 2.88 bits per heavy atom. The topological polar surface area (TPSA) is 88.5 Å². The average Bonchev–Trinajstić information content (AvgIpc) is 2.35. The van der Waals surface area contributed by atoms with Crippen molar-refractivity contribution in [1.29, 1.82) is 0 Å². The molecule has 1 aromatic heterocycles. The number of aromatic nitrogens is 1. The molecule has 0 amide bonds. The first kappa shape index (κ1) is 13.0. The highest BCUT2D eigenvalue weighted by atomic mass is 16.5. The number of anilines is 1. The lowest BCUT2D eigenvalue weighted by Gasteiger charge is -2.11. The number of pyridine rings is 1. The Labute approximate surface area is 98.6 Å². The number of carboxylic acid groups (broad SMARTS) is 1. The number of hydrogen-bond donors (Lipinski definition) is 2. The number of nitrogens with zero attached hydrogens (tertiary/aromatic N) is 1. The number of carbonyl (C=O) groups is 2. The Hall–Kier alpha value is -2.11. The molecule has 1 heterocycles. The van der Waals surface area contributed by atoms with Gasteiger partial charge in [0.2, 0.25) is 0 Å². The van der Waals surface area contributed by atoms with E-state index in [1.165, 1.54) is 13.3 Å². The van der Waals surface area contributed by atoms with E-state index in [0.717, 1.165) is 0 Å². The maximum absolute atomic E-state index is 11.4. The van der Waals surface area contributed by atoms with Gasteiger partial charge in [0.05, 0.1) is 13.0 Å². The fourth-order valence-corrected chi connectivity index (χ4v) is 1.16. The Balaban J connectivity index is 2.77. The number of ether oxygens (including phenoxy) is 1. The molecule has 0 radical (unpaired) electrons. The lowest BCUT2D eigenvalue weighted by Crippen LogP contribution is -2.21. The van der Waals surface area contributed by atoms with Crippen molar-refractivity contribution in [2.45, 2.75) is 6.92 Å². The molecule has 1 atom stereocenters. The third-order valence-corrected chi connectivity index (χ3v) is 2.21. The minimum atomic E-state index is -0.909. The molecule has 6 nitrogen and oxygen atoms in total. The average molecular weight is 238 g/mol. The van der Waals surface area contributed by atoms with Crippen LogP contribution >= 0.6 is 0 Å². The second-order valence-electron chi connectivity index (χ2n) is 3.51. The summed E-state index contributed by atoms with van der Waals surface area (Å²) in [6, 6.07) is 3.17. The normalized spacial score (nSPS) is 11.6. The van der Waals surface area contributed by atoms with Crippen LogP contribution in [0.1, 0.15) is 17.3 Å². The maximum Gasteiger partial charge on any atom is 0.341 e. The molecule has 0 saturated heterocycles. The van der Waals surface area contributed by atoms with Gasteiger partial charge in [-0.3, -0.25) is 4.79 Å². The molecule has 0 aromatic carbocycles. The summed E-state index contributed by atoms with van der Waals surface area (Å²) in [7, 11) is 1.28. The molecule has 1 aromatic rings. The summed E-state index contributed by atoms with van der Waals surface area (Å²) < 4.78 is 4.60. The fraction of sp³-hybridized carbons (Fsp3) is 0.364. The van der Waals surface area contributed by atoms with E-state index in [1.54, 1.807) is 19.1 Å². The largest absolute Gasteiger partial charge is 0.481 e. The molecular formula is C11H14N2O4. The second-order valence-corrected chi connectivity index (χ2v) is 3.51. The molecule has 0 bridgehead atoms. The van der Waals surface area contributed by atoms with Gasteiger partial charge in [-0.15, -0.1) is 0 Å². The Morgan fingerprint density at radius 1 is 1.59 bits per heavy atom. The minimum absolute atomic E-state index is 0.191. The van der Waals surface area contributed by atoms with E-state index in [0.29, 0.717) is 5.82 Å². The summed E-state index contributed by atoms with van der Waals surface area (Å²) in [6.07, 6.45) is 1.51. The number of carbonyl (C=O) groups excluding carboxylic acids is 1. The van der Waals surface area contributed by atoms with Crippen LogP contribution in [0, 0.1) is 5.92 Å². The molecule has 92 valence electrons. The lowest BCUT2D eigenvalue weighted by molar-refractivity contribution is -0.140. The quantitative estimate of drug-likeness (QED) is 0.744. The third kappa shape index (κ3) is 3.44. The first-order chi connectivity index (χ1) is 8.06. The van der Waals surface area contributed by atoms with Gasteiger partial charge < -0.3 is 15.2 Å². The molecule has 6 heteroatoms. The Morgan fingerprint density at radius 2 is 2.29 bits per heavy atom. The number of nitrogens with one attached hydrogen (secondary N) is 1. The highest BCUT2D eigenvalue weighted by Gasteiger charge is 2.15. The standard InChI is InChI=1S/C11H14N2O4/c1-7(10(14)15)6-13-9-8(11(16)17-2)4-3-5-12-9/h3-5,7H,6H2,1-2H3,(H,12,13)(H,14,15). The summed E-state index contributed by atoms with van der Waals surface area (Å²) >= 11 is 0. The molecule has 2 N–H and O–H groups in total. The van der Waals surface area contributed by atoms with Gasteiger partial charge in [0.1, 0.15) is 11.4 Å². The van der Waals surface area contributed by atoms with Gasteiger partial charge in [0.25, 0.3) is 0 Å². The van der Waals surface area contributed by atoms with E-state index in [-0.39, 0.29) is 12.1 Å². The predicted molar refractivity (Wildman–Crippen MR) is 60.9 cm³/mol. The Bertz CT molecular complexity index is 420. The van der Waals surface area contributed by atoms with Gasteiger partial charge in [-0.05, 0) is 12.1 Å². The van der Waals surface area contributed by atoms with Crippen LogP contribution in [-0.2, 0) is 9.53 Å². The number of aliphatic carboxylic acids is 1. The summed E-state index contributed by atoms with van der Waals surface area (Å²) in [6.45, 7) is 1.76. The van der Waals surface area contributed by atoms with Crippen molar-refractivity contribution >= 4 is 17.8 Å². The summed E-state index contributed by atoms with van der Waals surface area (Å²) in [5.74, 6) is -1.66. The van der Waals surface area contributed by atoms with Crippen LogP contribution in [0.5, 0.6) is 0 Å². The van der Waals surface area contributed by atoms with Gasteiger partial charge >= 0.3 is 11.9 Å². The van der Waals surface area contributed by atoms with Crippen LogP contribution in [0.3, 0.4) is 0 Å². The smallest absolute Gasteiger partial charge is 0.341 e. The second kappa shape index (κ2) is 5.83. The van der Waals surface area contributed by atoms with Crippen molar-refractivity contribution in [3.8, 4) is 0 Å². The van der Waals surface area contributed by atoms with Crippen molar-refractivity contribution in [2.24, 2.45) is 5.92 Å². The first-order valence-corrected chi connectivity index (χ1v) is 5.06. The molecule has 0 spiro atoms. The fourth-order valence-electron chi connectivity index (χ4n) is 1.16. The van der Waals surface area contributed by atoms with Crippen LogP contribution in [0.2, 0.25) is 0 Å². The maximum atomic E-state index is 11.4. The van der Waals surface area contributed by atoms with E-state index in [1.807, 2.05) is 0 Å². The van der Waals surface area contributed by atoms with E-state index >= 15 is 0 Å². The van der Waals surface area contributed by atoms with Gasteiger partial charge in [-0.2, -0.15) is 0 Å². The Kier molecular flexibility index (Phi) is 4.45. The van der Waals surface area contributed by atoms with Crippen LogP contribution < -0.4 is 5.32 Å². The zero-order chi connectivity index (χ0) is 12.8. The van der Waals surface area contributed by atoms with Crippen molar-refractivity contribution in [2.75, 3.05) is 19.0 Å². The van der Waals surface area contributed by atoms with Crippen LogP contribution in [0.15, 0.2) is 18.3 Å². The zero-order valence-corrected chi connectivity index (χ0v) is 9.64. The number of hydrogen-bond acceptors (Lipinski definition) is 5. The van der Waals surface area contributed by atoms with Gasteiger partial charge in [0.15, 0.2) is 0 Å². The molecule has 0 fully saturated rings. The third-order valence-electron chi connectivity index (χ3n) is 2.21. The first-order valence-electron chi connectivity index (χ1n) is 5.06. The molecular weight excluding hydrogens is 224 g/mol. The monoisotopic (exact) mass is 238 g/mol. The molecule has 1 unspecified atom stereocenters. The van der Waals surface area contributed by atoms with Crippen LogP contribution in [-0.4, -0.2) is 35.7 Å². The minimum Gasteiger partial charge on any atom is -0.481 e. The SMILES string of the molecule is COC(=O)c1cccnc1NCC(C)C(=O)O. The summed E-state index contributed by atoms with van der Waals surface area (Å²) in [4.78, 5) is 26.0. The number of rotatable bonds is 5. The van der Waals surface area contributed by atoms with Crippen molar-refractivity contribution < 1.29 is 19.4 Å². The molecule has 0 aliphatic carbocycles. The lowest BCUT2D eigenvalue weighted by atomic mass is 10.2. The van der Waals surface area contributed by atoms with E-state index in [9.17, 15) is 9.59 Å². The number of methoxy groups -OCH3 is 1. The number of esters is 1. The summed E-state index contributed by atoms with van der Waals surface area (Å²) in [5.41, 5.74) is 0.285. The molecule has 0 aliphatic rings. The molecule has 0 aliphatic heterocycles.